The van der Waals surface area contributed by atoms with E-state index < -0.39 is 0 Å². The van der Waals surface area contributed by atoms with Gasteiger partial charge in [-0.2, -0.15) is 0 Å². The summed E-state index contributed by atoms with van der Waals surface area (Å²) in [6, 6.07) is 13.7. The number of aryl methyl sites for hydroxylation is 1. The molecule has 0 bridgehead atoms. The maximum absolute atomic E-state index is 4.68. The van der Waals surface area contributed by atoms with E-state index in [9.17, 15) is 0 Å². The van der Waals surface area contributed by atoms with Crippen LogP contribution in [-0.4, -0.2) is 34.7 Å². The van der Waals surface area contributed by atoms with Crippen molar-refractivity contribution < 1.29 is 0 Å². The number of para-hydroxylation sites is 2. The molecule has 0 aliphatic heterocycles. The van der Waals surface area contributed by atoms with Crippen molar-refractivity contribution in [3.05, 3.63) is 48.7 Å². The second-order valence-corrected chi connectivity index (χ2v) is 5.58. The number of pyridine rings is 1. The number of aromatic nitrogens is 7. The standard InChI is InChI=1S/C14H11N7S/c1-20-13(17-18-19-20)21-11-7-3-2-6-10(11)16-14(21)22-12-8-4-5-9-15-12/h2-9H,1H3. The second kappa shape index (κ2) is 5.23. The first-order valence-corrected chi connectivity index (χ1v) is 7.44. The third-order valence-electron chi connectivity index (χ3n) is 3.16. The molecule has 3 aromatic heterocycles. The Labute approximate surface area is 130 Å². The average Bonchev–Trinajstić information content (AvgIpc) is 3.11. The van der Waals surface area contributed by atoms with E-state index in [1.807, 2.05) is 47.0 Å². The summed E-state index contributed by atoms with van der Waals surface area (Å²) in [6.45, 7) is 0. The van der Waals surface area contributed by atoms with Crippen LogP contribution in [-0.2, 0) is 7.05 Å². The highest BCUT2D eigenvalue weighted by atomic mass is 32.2. The maximum Gasteiger partial charge on any atom is 0.256 e. The molecule has 0 N–H and O–H groups in total. The highest BCUT2D eigenvalue weighted by Gasteiger charge is 2.17. The fourth-order valence-corrected chi connectivity index (χ4v) is 3.04. The average molecular weight is 309 g/mol. The topological polar surface area (TPSA) is 74.3 Å². The zero-order chi connectivity index (χ0) is 14.9. The molecule has 0 saturated heterocycles. The van der Waals surface area contributed by atoms with Crippen LogP contribution in [0.15, 0.2) is 58.8 Å². The molecule has 0 unspecified atom stereocenters. The predicted octanol–water partition coefficient (Wildman–Crippen LogP) is 2.10. The smallest absolute Gasteiger partial charge is 0.254 e. The summed E-state index contributed by atoms with van der Waals surface area (Å²) in [5, 5.41) is 13.4. The van der Waals surface area contributed by atoms with Gasteiger partial charge in [0.15, 0.2) is 5.16 Å². The van der Waals surface area contributed by atoms with E-state index in [1.54, 1.807) is 17.9 Å². The van der Waals surface area contributed by atoms with Gasteiger partial charge in [-0.15, -0.1) is 0 Å². The van der Waals surface area contributed by atoms with Crippen LogP contribution in [0.5, 0.6) is 0 Å². The molecule has 0 atom stereocenters. The van der Waals surface area contributed by atoms with E-state index in [2.05, 4.69) is 25.5 Å². The first-order chi connectivity index (χ1) is 10.8. The van der Waals surface area contributed by atoms with E-state index in [1.165, 1.54) is 11.8 Å². The van der Waals surface area contributed by atoms with Crippen molar-refractivity contribution in [2.45, 2.75) is 10.2 Å². The largest absolute Gasteiger partial charge is 0.256 e. The van der Waals surface area contributed by atoms with E-state index in [0.29, 0.717) is 5.95 Å². The molecule has 0 spiro atoms. The summed E-state index contributed by atoms with van der Waals surface area (Å²) in [6.07, 6.45) is 1.76. The molecule has 0 amide bonds. The first kappa shape index (κ1) is 13.0. The van der Waals surface area contributed by atoms with Gasteiger partial charge in [0, 0.05) is 13.2 Å². The van der Waals surface area contributed by atoms with Crippen molar-refractivity contribution >= 4 is 22.8 Å². The number of tetrazole rings is 1. The molecule has 7 nitrogen and oxygen atoms in total. The molecule has 0 fully saturated rings. The summed E-state index contributed by atoms with van der Waals surface area (Å²) >= 11 is 1.48. The summed E-state index contributed by atoms with van der Waals surface area (Å²) in [7, 11) is 1.80. The lowest BCUT2D eigenvalue weighted by Gasteiger charge is -2.05. The second-order valence-electron chi connectivity index (χ2n) is 4.59. The molecule has 22 heavy (non-hydrogen) atoms. The van der Waals surface area contributed by atoms with Crippen LogP contribution in [0.3, 0.4) is 0 Å². The minimum Gasteiger partial charge on any atom is -0.254 e. The fraction of sp³-hybridized carbons (Fsp3) is 0.0714. The van der Waals surface area contributed by atoms with Gasteiger partial charge < -0.3 is 0 Å². The number of imidazole rings is 1. The molecule has 0 radical (unpaired) electrons. The summed E-state index contributed by atoms with van der Waals surface area (Å²) in [5.74, 6) is 0.618. The van der Waals surface area contributed by atoms with Crippen molar-refractivity contribution in [2.75, 3.05) is 0 Å². The van der Waals surface area contributed by atoms with Crippen molar-refractivity contribution in [2.24, 2.45) is 7.05 Å². The molecule has 3 heterocycles. The Morgan fingerprint density at radius 2 is 1.91 bits per heavy atom. The van der Waals surface area contributed by atoms with Gasteiger partial charge in [0.1, 0.15) is 5.03 Å². The van der Waals surface area contributed by atoms with Crippen LogP contribution in [0.25, 0.3) is 17.0 Å². The van der Waals surface area contributed by atoms with Gasteiger partial charge in [-0.3, -0.25) is 4.57 Å². The number of benzene rings is 1. The van der Waals surface area contributed by atoms with Gasteiger partial charge in [-0.1, -0.05) is 23.3 Å². The Balaban J connectivity index is 1.92. The van der Waals surface area contributed by atoms with Crippen molar-refractivity contribution in [1.82, 2.24) is 34.7 Å². The quantitative estimate of drug-likeness (QED) is 0.577. The molecule has 1 aromatic carbocycles. The minimum atomic E-state index is 0.618. The van der Waals surface area contributed by atoms with Crippen LogP contribution < -0.4 is 0 Å². The fourth-order valence-electron chi connectivity index (χ4n) is 2.18. The predicted molar refractivity (Wildman–Crippen MR) is 81.8 cm³/mol. The van der Waals surface area contributed by atoms with Crippen LogP contribution in [0.2, 0.25) is 0 Å². The Bertz CT molecular complexity index is 929. The zero-order valence-corrected chi connectivity index (χ0v) is 12.5. The number of fused-ring (bicyclic) bond motifs is 1. The molecule has 108 valence electrons. The maximum atomic E-state index is 4.68. The van der Waals surface area contributed by atoms with Crippen LogP contribution in [0, 0.1) is 0 Å². The first-order valence-electron chi connectivity index (χ1n) is 6.62. The highest BCUT2D eigenvalue weighted by molar-refractivity contribution is 7.99. The van der Waals surface area contributed by atoms with Gasteiger partial charge in [0.25, 0.3) is 5.95 Å². The molecule has 0 saturated carbocycles. The van der Waals surface area contributed by atoms with Crippen molar-refractivity contribution in [3.8, 4) is 5.95 Å². The summed E-state index contributed by atoms with van der Waals surface area (Å²) in [5.41, 5.74) is 1.85. The van der Waals surface area contributed by atoms with E-state index >= 15 is 0 Å². The molecule has 0 aliphatic carbocycles. The Kier molecular flexibility index (Phi) is 3.08. The molecule has 4 aromatic rings. The SMILES string of the molecule is Cn1nnnc1-n1c(Sc2ccccn2)nc2ccccc21. The summed E-state index contributed by atoms with van der Waals surface area (Å²) in [4.78, 5) is 9.02. The number of rotatable bonds is 3. The third kappa shape index (κ3) is 2.13. The van der Waals surface area contributed by atoms with Gasteiger partial charge in [-0.05, 0) is 46.5 Å². The normalized spacial score (nSPS) is 11.1. The van der Waals surface area contributed by atoms with Gasteiger partial charge >= 0.3 is 0 Å². The number of nitrogens with zero attached hydrogens (tertiary/aromatic N) is 7. The number of hydrogen-bond acceptors (Lipinski definition) is 6. The van der Waals surface area contributed by atoms with Crippen LogP contribution in [0.1, 0.15) is 0 Å². The van der Waals surface area contributed by atoms with Gasteiger partial charge in [0.05, 0.1) is 11.0 Å². The molecule has 0 aliphatic rings. The molecule has 8 heteroatoms. The van der Waals surface area contributed by atoms with E-state index in [0.717, 1.165) is 21.2 Å². The Hall–Kier alpha value is -2.74. The van der Waals surface area contributed by atoms with Crippen LogP contribution in [0.4, 0.5) is 0 Å². The molecular formula is C14H11N7S. The number of hydrogen-bond donors (Lipinski definition) is 0. The summed E-state index contributed by atoms with van der Waals surface area (Å²) < 4.78 is 3.56. The van der Waals surface area contributed by atoms with E-state index in [-0.39, 0.29) is 0 Å². The van der Waals surface area contributed by atoms with E-state index in [4.69, 9.17) is 0 Å². The van der Waals surface area contributed by atoms with Gasteiger partial charge in [-0.25, -0.2) is 14.6 Å². The monoisotopic (exact) mass is 309 g/mol. The van der Waals surface area contributed by atoms with Crippen molar-refractivity contribution in [1.29, 1.82) is 0 Å². The Morgan fingerprint density at radius 1 is 1.05 bits per heavy atom. The van der Waals surface area contributed by atoms with Crippen LogP contribution >= 0.6 is 11.8 Å². The lowest BCUT2D eigenvalue weighted by Crippen LogP contribution is -2.05. The lowest BCUT2D eigenvalue weighted by molar-refractivity contribution is 0.682. The zero-order valence-electron chi connectivity index (χ0n) is 11.7. The third-order valence-corrected chi connectivity index (χ3v) is 4.07. The molecule has 4 rings (SSSR count). The molecular weight excluding hydrogens is 298 g/mol. The Morgan fingerprint density at radius 3 is 2.68 bits per heavy atom. The minimum absolute atomic E-state index is 0.618. The van der Waals surface area contributed by atoms with Crippen molar-refractivity contribution in [3.63, 3.8) is 0 Å². The highest BCUT2D eigenvalue weighted by Crippen LogP contribution is 2.30. The lowest BCUT2D eigenvalue weighted by atomic mass is 10.3. The van der Waals surface area contributed by atoms with Gasteiger partial charge in [0.2, 0.25) is 0 Å².